The summed E-state index contributed by atoms with van der Waals surface area (Å²) in [5.74, 6) is 0. The van der Waals surface area contributed by atoms with Crippen LogP contribution in [0.15, 0.2) is 42.5 Å². The lowest BCUT2D eigenvalue weighted by molar-refractivity contribution is 1.43. The summed E-state index contributed by atoms with van der Waals surface area (Å²) in [7, 11) is 0. The van der Waals surface area contributed by atoms with Gasteiger partial charge in [-0.1, -0.05) is 42.0 Å². The van der Waals surface area contributed by atoms with Gasteiger partial charge in [0.15, 0.2) is 0 Å². The van der Waals surface area contributed by atoms with Gasteiger partial charge in [-0.25, -0.2) is 0 Å². The highest BCUT2D eigenvalue weighted by Gasteiger charge is 1.85. The highest BCUT2D eigenvalue weighted by atomic mass is 127. The van der Waals surface area contributed by atoms with Crippen molar-refractivity contribution in [1.29, 1.82) is 0 Å². The molecule has 0 nitrogen and oxygen atoms in total. The molecule has 0 fully saturated rings. The van der Waals surface area contributed by atoms with Crippen LogP contribution in [0, 0.1) is 17.4 Å². The van der Waals surface area contributed by atoms with Crippen molar-refractivity contribution < 1.29 is 0 Å². The average molecular weight is 284 g/mol. The second kappa shape index (κ2) is 5.22. The summed E-state index contributed by atoms with van der Waals surface area (Å²) in [5, 5.41) is 0. The summed E-state index contributed by atoms with van der Waals surface area (Å²) in [4.78, 5) is 0. The molecular weight excluding hydrogens is 271 g/mol. The monoisotopic (exact) mass is 284 g/mol. The molecule has 0 N–H and O–H groups in total. The Morgan fingerprint density at radius 2 is 1.54 bits per heavy atom. The molecule has 0 radical (unpaired) electrons. The normalized spacial score (nSPS) is 9.15. The third kappa shape index (κ3) is 3.77. The largest absolute Gasteiger partial charge is 0.0622 e. The van der Waals surface area contributed by atoms with Crippen LogP contribution in [0.5, 0.6) is 0 Å². The molecule has 0 saturated carbocycles. The topological polar surface area (TPSA) is 0 Å². The van der Waals surface area contributed by atoms with E-state index in [1.165, 1.54) is 14.7 Å². The van der Waals surface area contributed by atoms with Crippen LogP contribution >= 0.6 is 22.6 Å². The zero-order valence-electron chi connectivity index (χ0n) is 7.92. The van der Waals surface area contributed by atoms with E-state index < -0.39 is 0 Å². The molecule has 0 unspecified atom stereocenters. The molecule has 0 heterocycles. The average Bonchev–Trinajstić information content (AvgIpc) is 2.12. The van der Waals surface area contributed by atoms with Crippen LogP contribution in [-0.2, 0) is 0 Å². The Bertz CT molecular complexity index is 341. The molecule has 13 heavy (non-hydrogen) atoms. The Morgan fingerprint density at radius 3 is 2.31 bits per heavy atom. The van der Waals surface area contributed by atoms with Crippen LogP contribution < -0.4 is 0 Å². The van der Waals surface area contributed by atoms with Crippen molar-refractivity contribution in [1.82, 2.24) is 0 Å². The quantitative estimate of drug-likeness (QED) is 0.631. The lowest BCUT2D eigenvalue weighted by Crippen LogP contribution is -1.73. The second-order valence-corrected chi connectivity index (χ2v) is 4.18. The Hall–Kier alpha value is -0.570. The van der Waals surface area contributed by atoms with Gasteiger partial charge in [0, 0.05) is 3.57 Å². The van der Waals surface area contributed by atoms with Crippen molar-refractivity contribution in [3.05, 3.63) is 57.2 Å². The van der Waals surface area contributed by atoms with Crippen LogP contribution in [0.25, 0.3) is 0 Å². The van der Waals surface area contributed by atoms with Gasteiger partial charge in [-0.3, -0.25) is 0 Å². The standard InChI is InChI=1S/C12H13I/c1-10-6-4-3-5-7-11(2)12(13)9-8-10/h3-9H,1-2H3. The van der Waals surface area contributed by atoms with Crippen molar-refractivity contribution in [2.45, 2.75) is 13.8 Å². The predicted molar refractivity (Wildman–Crippen MR) is 66.3 cm³/mol. The van der Waals surface area contributed by atoms with E-state index in [1.54, 1.807) is 0 Å². The molecule has 0 aliphatic heterocycles. The van der Waals surface area contributed by atoms with Crippen molar-refractivity contribution in [2.24, 2.45) is 0 Å². The Kier molecular flexibility index (Phi) is 4.22. The van der Waals surface area contributed by atoms with Gasteiger partial charge in [0.25, 0.3) is 0 Å². The fourth-order valence-electron chi connectivity index (χ4n) is 0.943. The van der Waals surface area contributed by atoms with Gasteiger partial charge in [-0.2, -0.15) is 0 Å². The zero-order chi connectivity index (χ0) is 9.68. The molecule has 0 bridgehead atoms. The summed E-state index contributed by atoms with van der Waals surface area (Å²) in [6.07, 6.45) is 0. The number of hydrogen-bond donors (Lipinski definition) is 0. The van der Waals surface area contributed by atoms with Gasteiger partial charge < -0.3 is 0 Å². The number of rotatable bonds is 0. The maximum absolute atomic E-state index is 2.35. The Labute approximate surface area is 93.5 Å². The lowest BCUT2D eigenvalue weighted by atomic mass is 10.2. The fraction of sp³-hybridized carbons (Fsp3) is 0.167. The van der Waals surface area contributed by atoms with Gasteiger partial charge in [0.05, 0.1) is 0 Å². The molecule has 1 rings (SSSR count). The van der Waals surface area contributed by atoms with E-state index in [-0.39, 0.29) is 0 Å². The van der Waals surface area contributed by atoms with E-state index in [4.69, 9.17) is 0 Å². The molecule has 0 aromatic heterocycles. The third-order valence-corrected chi connectivity index (χ3v) is 3.01. The fourth-order valence-corrected chi connectivity index (χ4v) is 1.30. The van der Waals surface area contributed by atoms with Crippen molar-refractivity contribution in [2.75, 3.05) is 0 Å². The van der Waals surface area contributed by atoms with E-state index in [2.05, 4.69) is 78.9 Å². The molecule has 0 spiro atoms. The van der Waals surface area contributed by atoms with Gasteiger partial charge in [-0.15, -0.1) is 0 Å². The predicted octanol–water partition coefficient (Wildman–Crippen LogP) is 4.03. The summed E-state index contributed by atoms with van der Waals surface area (Å²) in [6, 6.07) is 14.7. The highest BCUT2D eigenvalue weighted by Crippen LogP contribution is 2.07. The maximum atomic E-state index is 2.35. The minimum Gasteiger partial charge on any atom is -0.0622 e. The zero-order valence-corrected chi connectivity index (χ0v) is 10.1. The molecule has 0 aliphatic carbocycles. The van der Waals surface area contributed by atoms with Gasteiger partial charge in [0.2, 0.25) is 0 Å². The molecule has 1 heteroatoms. The Balaban J connectivity index is 3.34. The molecular formula is C12H13I. The van der Waals surface area contributed by atoms with Crippen LogP contribution in [-0.4, -0.2) is 0 Å². The van der Waals surface area contributed by atoms with E-state index in [0.29, 0.717) is 0 Å². The number of halogens is 1. The van der Waals surface area contributed by atoms with E-state index in [0.717, 1.165) is 0 Å². The van der Waals surface area contributed by atoms with Crippen LogP contribution in [0.3, 0.4) is 0 Å². The number of aryl methyl sites for hydroxylation is 2. The van der Waals surface area contributed by atoms with Gasteiger partial charge >= 0.3 is 0 Å². The third-order valence-electron chi connectivity index (χ3n) is 1.80. The van der Waals surface area contributed by atoms with Gasteiger partial charge in [-0.05, 0) is 48.1 Å². The van der Waals surface area contributed by atoms with Gasteiger partial charge in [0.1, 0.15) is 0 Å². The highest BCUT2D eigenvalue weighted by molar-refractivity contribution is 14.1. The SMILES string of the molecule is Cc1cccccc(C)c(I)cc1. The first kappa shape index (κ1) is 10.5. The minimum absolute atomic E-state index is 1.27. The molecule has 1 aromatic rings. The van der Waals surface area contributed by atoms with Crippen LogP contribution in [0.1, 0.15) is 11.1 Å². The summed E-state index contributed by atoms with van der Waals surface area (Å²) >= 11 is 2.35. The first-order valence-corrected chi connectivity index (χ1v) is 5.34. The summed E-state index contributed by atoms with van der Waals surface area (Å²) in [6.45, 7) is 4.22. The summed E-state index contributed by atoms with van der Waals surface area (Å²) < 4.78 is 1.29. The van der Waals surface area contributed by atoms with Crippen molar-refractivity contribution in [3.8, 4) is 0 Å². The molecule has 0 atom stereocenters. The smallest absolute Gasteiger partial charge is 0.0159 e. The first-order valence-electron chi connectivity index (χ1n) is 4.26. The van der Waals surface area contributed by atoms with Crippen LogP contribution in [0.4, 0.5) is 0 Å². The van der Waals surface area contributed by atoms with E-state index >= 15 is 0 Å². The van der Waals surface area contributed by atoms with Crippen LogP contribution in [0.2, 0.25) is 0 Å². The number of hydrogen-bond acceptors (Lipinski definition) is 0. The minimum atomic E-state index is 1.27. The van der Waals surface area contributed by atoms with E-state index in [1.807, 2.05) is 0 Å². The molecule has 0 saturated heterocycles. The first-order chi connectivity index (χ1) is 6.20. The van der Waals surface area contributed by atoms with Crippen molar-refractivity contribution in [3.63, 3.8) is 0 Å². The second-order valence-electron chi connectivity index (χ2n) is 3.02. The summed E-state index contributed by atoms with van der Waals surface area (Å²) in [5.41, 5.74) is 2.57. The molecule has 1 aromatic carbocycles. The molecule has 0 aliphatic rings. The van der Waals surface area contributed by atoms with Crippen molar-refractivity contribution >= 4 is 22.6 Å². The molecule has 0 amide bonds. The maximum Gasteiger partial charge on any atom is 0.0159 e. The molecule has 68 valence electrons. The lowest BCUT2D eigenvalue weighted by Gasteiger charge is -1.90. The van der Waals surface area contributed by atoms with E-state index in [9.17, 15) is 0 Å². The Morgan fingerprint density at radius 1 is 0.846 bits per heavy atom.